The fraction of sp³-hybridized carbons (Fsp3) is 0.267. The summed E-state index contributed by atoms with van der Waals surface area (Å²) in [7, 11) is 0. The Balaban J connectivity index is 0.000000186. The molecule has 0 saturated carbocycles. The third kappa shape index (κ3) is 7.57. The Bertz CT molecular complexity index is 1050. The number of nitrogens with one attached hydrogen (secondary N) is 3. The van der Waals surface area contributed by atoms with Gasteiger partial charge in [0.2, 0.25) is 0 Å². The Morgan fingerprint density at radius 3 is 1.64 bits per heavy atom. The lowest BCUT2D eigenvalue weighted by atomic mass is 10.1. The largest absolute Gasteiger partial charge is 0.383 e. The molecule has 4 aromatic rings. The molecule has 0 aliphatic heterocycles. The van der Waals surface area contributed by atoms with Crippen molar-refractivity contribution in [2.75, 3.05) is 16.0 Å². The van der Waals surface area contributed by atoms with Gasteiger partial charge in [0.05, 0.1) is 0 Å². The predicted octanol–water partition coefficient (Wildman–Crippen LogP) is 8.69. The van der Waals surface area contributed by atoms with Crippen LogP contribution < -0.4 is 16.0 Å². The molecule has 0 aliphatic rings. The first-order valence-electron chi connectivity index (χ1n) is 12.0. The second-order valence-corrected chi connectivity index (χ2v) is 8.50. The number of fused-ring (bicyclic) bond motifs is 1. The van der Waals surface area contributed by atoms with Crippen LogP contribution in [0.5, 0.6) is 0 Å². The van der Waals surface area contributed by atoms with Crippen molar-refractivity contribution in [3.63, 3.8) is 0 Å². The first-order chi connectivity index (χ1) is 16.1. The van der Waals surface area contributed by atoms with Crippen LogP contribution >= 0.6 is 0 Å². The number of hydrogen-bond donors (Lipinski definition) is 3. The molecule has 0 aromatic heterocycles. The lowest BCUT2D eigenvalue weighted by Gasteiger charge is -2.15. The van der Waals surface area contributed by atoms with E-state index in [1.165, 1.54) is 22.1 Å². The van der Waals surface area contributed by atoms with Crippen LogP contribution in [-0.4, -0.2) is 12.1 Å². The van der Waals surface area contributed by atoms with Crippen LogP contribution in [0.3, 0.4) is 0 Å². The molecule has 0 heterocycles. The zero-order valence-corrected chi connectivity index (χ0v) is 20.3. The highest BCUT2D eigenvalue weighted by molar-refractivity contribution is 5.95. The standard InChI is InChI=1S/C16H13N.C14H24N2/c1-2-9-14(10-3-1)17-16-12-6-8-13-7-4-5-11-15(13)16;1-5-11(3)15-13-7-9-14(10-8-13)16-12(4)6-2/h1-12,17H;7-12,15-16H,5-6H2,1-4H3. The van der Waals surface area contributed by atoms with E-state index in [4.69, 9.17) is 0 Å². The van der Waals surface area contributed by atoms with Gasteiger partial charge in [-0.3, -0.25) is 0 Å². The van der Waals surface area contributed by atoms with Crippen LogP contribution in [0, 0.1) is 0 Å². The molecule has 0 amide bonds. The van der Waals surface area contributed by atoms with E-state index in [2.05, 4.69) is 123 Å². The van der Waals surface area contributed by atoms with Crippen molar-refractivity contribution in [3.8, 4) is 0 Å². The fourth-order valence-electron chi connectivity index (χ4n) is 3.45. The zero-order chi connectivity index (χ0) is 23.5. The first-order valence-corrected chi connectivity index (χ1v) is 12.0. The molecular weight excluding hydrogens is 402 g/mol. The number of benzene rings is 4. The highest BCUT2D eigenvalue weighted by Crippen LogP contribution is 2.26. The third-order valence-corrected chi connectivity index (χ3v) is 5.78. The van der Waals surface area contributed by atoms with Gasteiger partial charge in [0.1, 0.15) is 0 Å². The van der Waals surface area contributed by atoms with Gasteiger partial charge in [0, 0.05) is 40.2 Å². The molecule has 4 aromatic carbocycles. The average molecular weight is 440 g/mol. The molecule has 3 nitrogen and oxygen atoms in total. The van der Waals surface area contributed by atoms with Crippen LogP contribution in [-0.2, 0) is 0 Å². The lowest BCUT2D eigenvalue weighted by Crippen LogP contribution is -2.14. The number of para-hydroxylation sites is 1. The smallest absolute Gasteiger partial charge is 0.0463 e. The molecule has 3 heteroatoms. The van der Waals surface area contributed by atoms with Gasteiger partial charge in [0.25, 0.3) is 0 Å². The molecule has 4 rings (SSSR count). The molecule has 2 atom stereocenters. The van der Waals surface area contributed by atoms with Gasteiger partial charge >= 0.3 is 0 Å². The van der Waals surface area contributed by atoms with Crippen molar-refractivity contribution in [1.29, 1.82) is 0 Å². The van der Waals surface area contributed by atoms with Crippen LogP contribution in [0.15, 0.2) is 97.1 Å². The third-order valence-electron chi connectivity index (χ3n) is 5.78. The van der Waals surface area contributed by atoms with Crippen LogP contribution in [0.1, 0.15) is 40.5 Å². The van der Waals surface area contributed by atoms with Crippen LogP contribution in [0.25, 0.3) is 10.8 Å². The molecule has 0 spiro atoms. The summed E-state index contributed by atoms with van der Waals surface area (Å²) in [5.41, 5.74) is 4.66. The molecule has 0 aliphatic carbocycles. The monoisotopic (exact) mass is 439 g/mol. The highest BCUT2D eigenvalue weighted by atomic mass is 14.9. The van der Waals surface area contributed by atoms with Gasteiger partial charge in [-0.05, 0) is 74.5 Å². The van der Waals surface area contributed by atoms with Crippen LogP contribution in [0.2, 0.25) is 0 Å². The van der Waals surface area contributed by atoms with Crippen molar-refractivity contribution < 1.29 is 0 Å². The van der Waals surface area contributed by atoms with E-state index in [9.17, 15) is 0 Å². The van der Waals surface area contributed by atoms with E-state index in [0.717, 1.165) is 24.2 Å². The maximum absolute atomic E-state index is 3.46. The van der Waals surface area contributed by atoms with Crippen LogP contribution in [0.4, 0.5) is 22.7 Å². The number of hydrogen-bond acceptors (Lipinski definition) is 3. The molecule has 33 heavy (non-hydrogen) atoms. The molecule has 172 valence electrons. The van der Waals surface area contributed by atoms with Crippen molar-refractivity contribution in [1.82, 2.24) is 0 Å². The van der Waals surface area contributed by atoms with Crippen molar-refractivity contribution in [2.24, 2.45) is 0 Å². The minimum Gasteiger partial charge on any atom is -0.383 e. The molecule has 0 bridgehead atoms. The Labute approximate surface area is 199 Å². The number of rotatable bonds is 8. The summed E-state index contributed by atoms with van der Waals surface area (Å²) in [6.07, 6.45) is 2.29. The van der Waals surface area contributed by atoms with Gasteiger partial charge in [-0.25, -0.2) is 0 Å². The van der Waals surface area contributed by atoms with Gasteiger partial charge in [0.15, 0.2) is 0 Å². The molecule has 0 saturated heterocycles. The fourth-order valence-corrected chi connectivity index (χ4v) is 3.45. The summed E-state index contributed by atoms with van der Waals surface area (Å²) in [6, 6.07) is 34.6. The molecular formula is C30H37N3. The van der Waals surface area contributed by atoms with Crippen molar-refractivity contribution in [3.05, 3.63) is 97.1 Å². The predicted molar refractivity (Wildman–Crippen MR) is 147 cm³/mol. The van der Waals surface area contributed by atoms with E-state index >= 15 is 0 Å². The maximum Gasteiger partial charge on any atom is 0.0463 e. The van der Waals surface area contributed by atoms with Crippen molar-refractivity contribution >= 4 is 33.5 Å². The average Bonchev–Trinajstić information content (AvgIpc) is 2.86. The summed E-state index contributed by atoms with van der Waals surface area (Å²) in [5, 5.41) is 12.9. The second kappa shape index (κ2) is 12.5. The minimum atomic E-state index is 0.536. The number of anilines is 4. The zero-order valence-electron chi connectivity index (χ0n) is 20.3. The van der Waals surface area contributed by atoms with E-state index in [-0.39, 0.29) is 0 Å². The lowest BCUT2D eigenvalue weighted by molar-refractivity contribution is 0.761. The molecule has 3 N–H and O–H groups in total. The summed E-state index contributed by atoms with van der Waals surface area (Å²) in [6.45, 7) is 8.78. The molecule has 2 unspecified atom stereocenters. The van der Waals surface area contributed by atoms with E-state index < -0.39 is 0 Å². The highest BCUT2D eigenvalue weighted by Gasteiger charge is 2.01. The topological polar surface area (TPSA) is 36.1 Å². The second-order valence-electron chi connectivity index (χ2n) is 8.50. The Kier molecular flexibility index (Phi) is 9.19. The molecule has 0 radical (unpaired) electrons. The van der Waals surface area contributed by atoms with Gasteiger partial charge < -0.3 is 16.0 Å². The summed E-state index contributed by atoms with van der Waals surface area (Å²) in [5.74, 6) is 0. The molecule has 0 fully saturated rings. The summed E-state index contributed by atoms with van der Waals surface area (Å²) < 4.78 is 0. The van der Waals surface area contributed by atoms with Crippen molar-refractivity contribution in [2.45, 2.75) is 52.6 Å². The Hall–Kier alpha value is -3.46. The summed E-state index contributed by atoms with van der Waals surface area (Å²) >= 11 is 0. The van der Waals surface area contributed by atoms with Gasteiger partial charge in [-0.2, -0.15) is 0 Å². The Morgan fingerprint density at radius 2 is 1.06 bits per heavy atom. The Morgan fingerprint density at radius 1 is 0.545 bits per heavy atom. The minimum absolute atomic E-state index is 0.536. The first kappa shape index (κ1) is 24.2. The maximum atomic E-state index is 3.46. The SMILES string of the molecule is CCC(C)Nc1ccc(NC(C)CC)cc1.c1ccc(Nc2cccc3ccccc23)cc1. The quantitative estimate of drug-likeness (QED) is 0.257. The summed E-state index contributed by atoms with van der Waals surface area (Å²) in [4.78, 5) is 0. The van der Waals surface area contributed by atoms with E-state index in [1.54, 1.807) is 0 Å². The normalized spacial score (nSPS) is 12.2. The van der Waals surface area contributed by atoms with Gasteiger partial charge in [-0.15, -0.1) is 0 Å². The van der Waals surface area contributed by atoms with E-state index in [1.807, 2.05) is 18.2 Å². The van der Waals surface area contributed by atoms with E-state index in [0.29, 0.717) is 12.1 Å². The van der Waals surface area contributed by atoms with Gasteiger partial charge in [-0.1, -0.05) is 68.4 Å².